The fourth-order valence-corrected chi connectivity index (χ4v) is 2.61. The Kier molecular flexibility index (Phi) is 5.85. The molecule has 6 nitrogen and oxygen atoms in total. The average Bonchev–Trinajstić information content (AvgIpc) is 3.30. The summed E-state index contributed by atoms with van der Waals surface area (Å²) in [4.78, 5) is 11.8. The molecular weight excluding hydrogens is 306 g/mol. The van der Waals surface area contributed by atoms with Crippen LogP contribution in [-0.4, -0.2) is 35.0 Å². The lowest BCUT2D eigenvalue weighted by Crippen LogP contribution is -2.24. The first-order valence-corrected chi connectivity index (χ1v) is 8.37. The molecule has 0 spiro atoms. The number of nitrogens with one attached hydrogen (secondary N) is 1. The van der Waals surface area contributed by atoms with E-state index in [1.807, 2.05) is 36.5 Å². The molecule has 1 unspecified atom stereocenters. The van der Waals surface area contributed by atoms with Crippen LogP contribution in [0.1, 0.15) is 24.8 Å². The van der Waals surface area contributed by atoms with Crippen molar-refractivity contribution in [1.82, 2.24) is 15.1 Å². The molecule has 1 atom stereocenters. The second kappa shape index (κ2) is 8.49. The van der Waals surface area contributed by atoms with Crippen LogP contribution < -0.4 is 10.1 Å². The Morgan fingerprint density at radius 1 is 1.38 bits per heavy atom. The number of ether oxygens (including phenoxy) is 2. The second-order valence-corrected chi connectivity index (χ2v) is 5.89. The molecule has 1 amide bonds. The van der Waals surface area contributed by atoms with E-state index in [1.165, 1.54) is 0 Å². The Morgan fingerprint density at radius 3 is 2.96 bits per heavy atom. The molecule has 0 aliphatic carbocycles. The minimum Gasteiger partial charge on any atom is -0.491 e. The Morgan fingerprint density at radius 2 is 2.25 bits per heavy atom. The number of nitrogens with zero attached hydrogens (tertiary/aromatic N) is 2. The summed E-state index contributed by atoms with van der Waals surface area (Å²) in [6.07, 6.45) is 6.39. The van der Waals surface area contributed by atoms with Gasteiger partial charge in [-0.25, -0.2) is 0 Å². The summed E-state index contributed by atoms with van der Waals surface area (Å²) in [5.41, 5.74) is 1.05. The van der Waals surface area contributed by atoms with E-state index in [2.05, 4.69) is 10.4 Å². The molecule has 0 radical (unpaired) electrons. The van der Waals surface area contributed by atoms with Gasteiger partial charge in [0.15, 0.2) is 0 Å². The number of amides is 1. The molecule has 1 aromatic heterocycles. The van der Waals surface area contributed by atoms with Crippen molar-refractivity contribution < 1.29 is 14.3 Å². The third-order valence-electron chi connectivity index (χ3n) is 4.00. The summed E-state index contributed by atoms with van der Waals surface area (Å²) >= 11 is 0. The van der Waals surface area contributed by atoms with Crippen LogP contribution in [0, 0.1) is 0 Å². The number of hydrogen-bond donors (Lipinski definition) is 1. The molecule has 3 rings (SSSR count). The van der Waals surface area contributed by atoms with Crippen LogP contribution in [-0.2, 0) is 22.6 Å². The monoisotopic (exact) mass is 329 g/mol. The SMILES string of the molecule is O=C(CCn1cccn1)NCc1ccc(OCC2CCCO2)cc1. The fourth-order valence-electron chi connectivity index (χ4n) is 2.61. The molecule has 6 heteroatoms. The van der Waals surface area contributed by atoms with E-state index in [9.17, 15) is 4.79 Å². The summed E-state index contributed by atoms with van der Waals surface area (Å²) in [6.45, 7) is 2.55. The van der Waals surface area contributed by atoms with Gasteiger partial charge in [0.05, 0.1) is 6.10 Å². The second-order valence-electron chi connectivity index (χ2n) is 5.89. The highest BCUT2D eigenvalue weighted by atomic mass is 16.5. The van der Waals surface area contributed by atoms with Crippen molar-refractivity contribution in [3.63, 3.8) is 0 Å². The van der Waals surface area contributed by atoms with Crippen molar-refractivity contribution in [3.8, 4) is 5.75 Å². The van der Waals surface area contributed by atoms with Gasteiger partial charge in [-0.15, -0.1) is 0 Å². The molecule has 24 heavy (non-hydrogen) atoms. The third kappa shape index (κ3) is 5.09. The summed E-state index contributed by atoms with van der Waals surface area (Å²) in [6, 6.07) is 9.65. The predicted molar refractivity (Wildman–Crippen MR) is 89.6 cm³/mol. The lowest BCUT2D eigenvalue weighted by molar-refractivity contribution is -0.121. The first-order valence-electron chi connectivity index (χ1n) is 8.37. The number of carbonyl (C=O) groups excluding carboxylic acids is 1. The first-order chi connectivity index (χ1) is 11.8. The number of carbonyl (C=O) groups is 1. The quantitative estimate of drug-likeness (QED) is 0.806. The molecule has 1 aliphatic rings. The van der Waals surface area contributed by atoms with Gasteiger partial charge in [-0.05, 0) is 36.6 Å². The zero-order chi connectivity index (χ0) is 16.6. The maximum atomic E-state index is 11.8. The van der Waals surface area contributed by atoms with Crippen molar-refractivity contribution in [1.29, 1.82) is 0 Å². The van der Waals surface area contributed by atoms with Gasteiger partial charge in [-0.2, -0.15) is 5.10 Å². The standard InChI is InChI=1S/C18H23N3O3/c22-18(8-11-21-10-2-9-20-21)19-13-15-4-6-16(7-5-15)24-14-17-3-1-12-23-17/h2,4-7,9-10,17H,1,3,8,11-14H2,(H,19,22). The van der Waals surface area contributed by atoms with Gasteiger partial charge < -0.3 is 14.8 Å². The molecule has 1 aliphatic heterocycles. The number of benzene rings is 1. The number of aromatic nitrogens is 2. The van der Waals surface area contributed by atoms with E-state index >= 15 is 0 Å². The molecular formula is C18H23N3O3. The Labute approximate surface area is 141 Å². The maximum Gasteiger partial charge on any atom is 0.222 e. The summed E-state index contributed by atoms with van der Waals surface area (Å²) in [5.74, 6) is 0.850. The highest BCUT2D eigenvalue weighted by Gasteiger charge is 2.15. The van der Waals surface area contributed by atoms with Crippen LogP contribution in [0.2, 0.25) is 0 Å². The van der Waals surface area contributed by atoms with E-state index in [-0.39, 0.29) is 12.0 Å². The Bertz CT molecular complexity index is 619. The average molecular weight is 329 g/mol. The lowest BCUT2D eigenvalue weighted by atomic mass is 10.2. The smallest absolute Gasteiger partial charge is 0.222 e. The fraction of sp³-hybridized carbons (Fsp3) is 0.444. The van der Waals surface area contributed by atoms with Gasteiger partial charge in [0.2, 0.25) is 5.91 Å². The van der Waals surface area contributed by atoms with Gasteiger partial charge >= 0.3 is 0 Å². The molecule has 0 bridgehead atoms. The van der Waals surface area contributed by atoms with E-state index in [0.29, 0.717) is 26.1 Å². The minimum atomic E-state index is 0.0178. The van der Waals surface area contributed by atoms with Crippen molar-refractivity contribution in [2.75, 3.05) is 13.2 Å². The molecule has 128 valence electrons. The largest absolute Gasteiger partial charge is 0.491 e. The van der Waals surface area contributed by atoms with E-state index in [1.54, 1.807) is 10.9 Å². The highest BCUT2D eigenvalue weighted by Crippen LogP contribution is 2.16. The van der Waals surface area contributed by atoms with E-state index in [4.69, 9.17) is 9.47 Å². The summed E-state index contributed by atoms with van der Waals surface area (Å²) in [7, 11) is 0. The lowest BCUT2D eigenvalue weighted by Gasteiger charge is -2.12. The van der Waals surface area contributed by atoms with E-state index < -0.39 is 0 Å². The van der Waals surface area contributed by atoms with Gasteiger partial charge in [0, 0.05) is 38.5 Å². The van der Waals surface area contributed by atoms with Crippen LogP contribution >= 0.6 is 0 Å². The maximum absolute atomic E-state index is 11.8. The molecule has 0 saturated carbocycles. The molecule has 1 aromatic carbocycles. The van der Waals surface area contributed by atoms with Gasteiger partial charge in [0.1, 0.15) is 12.4 Å². The molecule has 1 fully saturated rings. The van der Waals surface area contributed by atoms with Crippen LogP contribution in [0.15, 0.2) is 42.7 Å². The number of hydrogen-bond acceptors (Lipinski definition) is 4. The van der Waals surface area contributed by atoms with Crippen LogP contribution in [0.4, 0.5) is 0 Å². The first kappa shape index (κ1) is 16.5. The van der Waals surface area contributed by atoms with E-state index in [0.717, 1.165) is 30.8 Å². The molecule has 2 heterocycles. The van der Waals surface area contributed by atoms with Crippen molar-refractivity contribution in [2.24, 2.45) is 0 Å². The number of rotatable bonds is 8. The Balaban J connectivity index is 1.36. The zero-order valence-electron chi connectivity index (χ0n) is 13.7. The Hall–Kier alpha value is -2.34. The van der Waals surface area contributed by atoms with Gasteiger partial charge in [-0.1, -0.05) is 12.1 Å². The van der Waals surface area contributed by atoms with Crippen LogP contribution in [0.3, 0.4) is 0 Å². The number of aryl methyl sites for hydroxylation is 1. The molecule has 2 aromatic rings. The summed E-state index contributed by atoms with van der Waals surface area (Å²) < 4.78 is 13.0. The highest BCUT2D eigenvalue weighted by molar-refractivity contribution is 5.75. The van der Waals surface area contributed by atoms with Crippen molar-refractivity contribution in [2.45, 2.75) is 38.5 Å². The van der Waals surface area contributed by atoms with Crippen molar-refractivity contribution >= 4 is 5.91 Å². The van der Waals surface area contributed by atoms with Gasteiger partial charge in [0.25, 0.3) is 0 Å². The zero-order valence-corrected chi connectivity index (χ0v) is 13.7. The van der Waals surface area contributed by atoms with Crippen molar-refractivity contribution in [3.05, 3.63) is 48.3 Å². The minimum absolute atomic E-state index is 0.0178. The van der Waals surface area contributed by atoms with Crippen LogP contribution in [0.25, 0.3) is 0 Å². The molecule has 1 saturated heterocycles. The van der Waals surface area contributed by atoms with Gasteiger partial charge in [-0.3, -0.25) is 9.48 Å². The normalized spacial score (nSPS) is 16.9. The predicted octanol–water partition coefficient (Wildman–Crippen LogP) is 2.15. The third-order valence-corrected chi connectivity index (χ3v) is 4.00. The topological polar surface area (TPSA) is 65.4 Å². The van der Waals surface area contributed by atoms with Crippen LogP contribution in [0.5, 0.6) is 5.75 Å². The summed E-state index contributed by atoms with van der Waals surface area (Å²) in [5, 5.41) is 6.99. The molecule has 1 N–H and O–H groups in total.